The molecular formula is C10H5F8NO. The minimum Gasteiger partial charge on any atom is -0.321 e. The molecule has 0 spiro atoms. The molecule has 1 aromatic carbocycles. The monoisotopic (exact) mass is 307 g/mol. The Labute approximate surface area is 106 Å². The fourth-order valence-corrected chi connectivity index (χ4v) is 1.11. The predicted octanol–water partition coefficient (Wildman–Crippen LogP) is 3.84. The van der Waals surface area contributed by atoms with Gasteiger partial charge in [0, 0.05) is 5.69 Å². The third kappa shape index (κ3) is 3.36. The van der Waals surface area contributed by atoms with E-state index in [9.17, 15) is 39.9 Å². The summed E-state index contributed by atoms with van der Waals surface area (Å²) in [5, 5.41) is 1.09. The number of hydrogen-bond acceptors (Lipinski definition) is 1. The van der Waals surface area contributed by atoms with Crippen LogP contribution >= 0.6 is 0 Å². The van der Waals surface area contributed by atoms with Gasteiger partial charge < -0.3 is 5.32 Å². The van der Waals surface area contributed by atoms with Crippen molar-refractivity contribution in [2.45, 2.75) is 18.3 Å². The highest BCUT2D eigenvalue weighted by molar-refractivity contribution is 5.96. The molecule has 20 heavy (non-hydrogen) atoms. The molecule has 0 bridgehead atoms. The molecule has 0 aliphatic rings. The van der Waals surface area contributed by atoms with Gasteiger partial charge in [0.2, 0.25) is 0 Å². The first kappa shape index (κ1) is 16.2. The second kappa shape index (κ2) is 4.91. The van der Waals surface area contributed by atoms with E-state index in [0.717, 1.165) is 17.4 Å². The highest BCUT2D eigenvalue weighted by Gasteiger charge is 2.63. The summed E-state index contributed by atoms with van der Waals surface area (Å²) >= 11 is 0. The quantitative estimate of drug-likeness (QED) is 0.826. The van der Waals surface area contributed by atoms with Gasteiger partial charge in [0.25, 0.3) is 0 Å². The van der Waals surface area contributed by atoms with Crippen LogP contribution in [0.1, 0.15) is 5.56 Å². The first-order valence-electron chi connectivity index (χ1n) is 4.79. The Balaban J connectivity index is 2.98. The van der Waals surface area contributed by atoms with Crippen molar-refractivity contribution in [3.63, 3.8) is 0 Å². The van der Waals surface area contributed by atoms with Crippen molar-refractivity contribution >= 4 is 11.6 Å². The summed E-state index contributed by atoms with van der Waals surface area (Å²) in [7, 11) is 0. The first-order chi connectivity index (χ1) is 8.85. The van der Waals surface area contributed by atoms with Crippen LogP contribution in [-0.2, 0) is 11.0 Å². The Morgan fingerprint density at radius 3 is 1.95 bits per heavy atom. The Kier molecular flexibility index (Phi) is 3.97. The zero-order valence-electron chi connectivity index (χ0n) is 9.24. The average molecular weight is 307 g/mol. The zero-order chi connectivity index (χ0) is 15.8. The average Bonchev–Trinajstić information content (AvgIpc) is 2.26. The molecule has 1 rings (SSSR count). The zero-order valence-corrected chi connectivity index (χ0v) is 9.24. The summed E-state index contributed by atoms with van der Waals surface area (Å²) in [6, 6.07) is 2.31. The Hall–Kier alpha value is -1.87. The summed E-state index contributed by atoms with van der Waals surface area (Å²) in [4.78, 5) is 10.8. The minimum absolute atomic E-state index is 0.240. The molecule has 0 aliphatic carbocycles. The van der Waals surface area contributed by atoms with Crippen molar-refractivity contribution in [1.29, 1.82) is 0 Å². The van der Waals surface area contributed by atoms with E-state index in [0.29, 0.717) is 6.07 Å². The fraction of sp³-hybridized carbons (Fsp3) is 0.300. The third-order valence-electron chi connectivity index (χ3n) is 2.09. The molecule has 10 heteroatoms. The highest BCUT2D eigenvalue weighted by Crippen LogP contribution is 2.36. The van der Waals surface area contributed by atoms with E-state index in [1.165, 1.54) is 0 Å². The smallest absolute Gasteiger partial charge is 0.321 e. The molecule has 0 saturated heterocycles. The van der Waals surface area contributed by atoms with Gasteiger partial charge in [-0.1, -0.05) is 6.07 Å². The maximum Gasteiger partial charge on any atom is 0.463 e. The lowest BCUT2D eigenvalue weighted by Crippen LogP contribution is -2.47. The van der Waals surface area contributed by atoms with Gasteiger partial charge >= 0.3 is 24.2 Å². The number of carbonyl (C=O) groups excluding carboxylic acids is 1. The lowest BCUT2D eigenvalue weighted by Gasteiger charge is -2.19. The van der Waals surface area contributed by atoms with E-state index in [1.54, 1.807) is 0 Å². The molecule has 1 amide bonds. The fourth-order valence-electron chi connectivity index (χ4n) is 1.11. The van der Waals surface area contributed by atoms with E-state index < -0.39 is 35.4 Å². The SMILES string of the molecule is O=C(Nc1cccc(C(F)(F)F)c1)C(F)(F)C(F)(F)F. The first-order valence-corrected chi connectivity index (χ1v) is 4.79. The van der Waals surface area contributed by atoms with E-state index in [1.807, 2.05) is 0 Å². The van der Waals surface area contributed by atoms with Gasteiger partial charge in [-0.25, -0.2) is 0 Å². The van der Waals surface area contributed by atoms with Crippen LogP contribution in [0.2, 0.25) is 0 Å². The standard InChI is InChI=1S/C10H5F8NO/c11-8(12,10(16,17)18)7(20)19-6-3-1-2-5(4-6)9(13,14)15/h1-4H,(H,19,20). The lowest BCUT2D eigenvalue weighted by atomic mass is 10.2. The molecule has 0 unspecified atom stereocenters. The van der Waals surface area contributed by atoms with Crippen molar-refractivity contribution in [2.24, 2.45) is 0 Å². The second-order valence-electron chi connectivity index (χ2n) is 3.60. The summed E-state index contributed by atoms with van der Waals surface area (Å²) < 4.78 is 97.6. The van der Waals surface area contributed by atoms with Crippen LogP contribution in [0.15, 0.2) is 24.3 Å². The number of halogens is 8. The van der Waals surface area contributed by atoms with Crippen LogP contribution in [0.3, 0.4) is 0 Å². The number of anilines is 1. The largest absolute Gasteiger partial charge is 0.463 e. The molecule has 0 aliphatic heterocycles. The van der Waals surface area contributed by atoms with E-state index in [-0.39, 0.29) is 6.07 Å². The van der Waals surface area contributed by atoms with Crippen LogP contribution in [0.5, 0.6) is 0 Å². The molecule has 0 saturated carbocycles. The molecule has 0 atom stereocenters. The Bertz CT molecular complexity index is 505. The predicted molar refractivity (Wildman–Crippen MR) is 51.1 cm³/mol. The van der Waals surface area contributed by atoms with E-state index in [2.05, 4.69) is 0 Å². The molecule has 1 aromatic rings. The van der Waals surface area contributed by atoms with Crippen molar-refractivity contribution in [1.82, 2.24) is 0 Å². The topological polar surface area (TPSA) is 29.1 Å². The maximum absolute atomic E-state index is 12.6. The van der Waals surface area contributed by atoms with Crippen LogP contribution in [0.4, 0.5) is 40.8 Å². The van der Waals surface area contributed by atoms with Crippen LogP contribution < -0.4 is 5.32 Å². The summed E-state index contributed by atoms with van der Waals surface area (Å²) in [5.74, 6) is -8.47. The van der Waals surface area contributed by atoms with E-state index in [4.69, 9.17) is 0 Å². The van der Waals surface area contributed by atoms with Crippen molar-refractivity contribution in [3.8, 4) is 0 Å². The summed E-state index contributed by atoms with van der Waals surface area (Å²) in [5.41, 5.74) is -2.13. The Morgan fingerprint density at radius 1 is 0.950 bits per heavy atom. The Morgan fingerprint density at radius 2 is 1.50 bits per heavy atom. The number of amides is 1. The molecule has 0 fully saturated rings. The maximum atomic E-state index is 12.6. The molecule has 0 radical (unpaired) electrons. The third-order valence-corrected chi connectivity index (χ3v) is 2.09. The van der Waals surface area contributed by atoms with Crippen molar-refractivity contribution < 1.29 is 39.9 Å². The number of carbonyl (C=O) groups is 1. The number of rotatable bonds is 2. The van der Waals surface area contributed by atoms with Crippen LogP contribution in [0.25, 0.3) is 0 Å². The van der Waals surface area contributed by atoms with Crippen LogP contribution in [0, 0.1) is 0 Å². The number of alkyl halides is 8. The van der Waals surface area contributed by atoms with Crippen LogP contribution in [-0.4, -0.2) is 18.0 Å². The van der Waals surface area contributed by atoms with Crippen molar-refractivity contribution in [3.05, 3.63) is 29.8 Å². The van der Waals surface area contributed by atoms with Gasteiger partial charge in [0.15, 0.2) is 0 Å². The van der Waals surface area contributed by atoms with Gasteiger partial charge in [-0.05, 0) is 18.2 Å². The van der Waals surface area contributed by atoms with Gasteiger partial charge in [-0.2, -0.15) is 35.1 Å². The highest BCUT2D eigenvalue weighted by atomic mass is 19.4. The van der Waals surface area contributed by atoms with Crippen molar-refractivity contribution in [2.75, 3.05) is 5.32 Å². The van der Waals surface area contributed by atoms with Gasteiger partial charge in [0.05, 0.1) is 5.56 Å². The number of hydrogen-bond donors (Lipinski definition) is 1. The van der Waals surface area contributed by atoms with E-state index >= 15 is 0 Å². The normalized spacial score (nSPS) is 13.2. The minimum atomic E-state index is -6.14. The molecule has 0 heterocycles. The summed E-state index contributed by atoms with van der Waals surface area (Å²) in [6.45, 7) is 0. The van der Waals surface area contributed by atoms with Gasteiger partial charge in [-0.15, -0.1) is 0 Å². The van der Waals surface area contributed by atoms with Gasteiger partial charge in [0.1, 0.15) is 0 Å². The molecule has 1 N–H and O–H groups in total. The molecule has 0 aromatic heterocycles. The lowest BCUT2D eigenvalue weighted by molar-refractivity contribution is -0.267. The number of benzene rings is 1. The molecule has 112 valence electrons. The molecular weight excluding hydrogens is 302 g/mol. The second-order valence-corrected chi connectivity index (χ2v) is 3.60. The summed E-state index contributed by atoms with van der Waals surface area (Å²) in [6.07, 6.45) is -11.0. The van der Waals surface area contributed by atoms with Gasteiger partial charge in [-0.3, -0.25) is 4.79 Å². The number of nitrogens with one attached hydrogen (secondary N) is 1. The molecule has 2 nitrogen and oxygen atoms in total.